The average molecular weight is 275 g/mol. The van der Waals surface area contributed by atoms with Crippen LogP contribution in [0.1, 0.15) is 31.7 Å². The molecule has 0 spiro atoms. The van der Waals surface area contributed by atoms with Gasteiger partial charge in [-0.2, -0.15) is 0 Å². The summed E-state index contributed by atoms with van der Waals surface area (Å²) in [6.07, 6.45) is 3.73. The van der Waals surface area contributed by atoms with Gasteiger partial charge in [0.25, 0.3) is 0 Å². The fourth-order valence-electron chi connectivity index (χ4n) is 2.88. The van der Waals surface area contributed by atoms with E-state index in [4.69, 9.17) is 5.73 Å². The first-order chi connectivity index (χ1) is 9.71. The first kappa shape index (κ1) is 15.0. The molecule has 2 rings (SSSR count). The van der Waals surface area contributed by atoms with Crippen molar-refractivity contribution >= 4 is 11.6 Å². The molecule has 0 aromatic heterocycles. The van der Waals surface area contributed by atoms with Crippen LogP contribution in [0.5, 0.6) is 0 Å². The van der Waals surface area contributed by atoms with Gasteiger partial charge in [-0.25, -0.2) is 0 Å². The second-order valence-corrected chi connectivity index (χ2v) is 5.63. The summed E-state index contributed by atoms with van der Waals surface area (Å²) in [5, 5.41) is 2.95. The van der Waals surface area contributed by atoms with E-state index in [-0.39, 0.29) is 5.91 Å². The molecule has 1 unspecified atom stereocenters. The number of nitrogens with one attached hydrogen (secondary N) is 1. The number of nitrogens with two attached hydrogens (primary N) is 1. The summed E-state index contributed by atoms with van der Waals surface area (Å²) in [5.74, 6) is 0.838. The summed E-state index contributed by atoms with van der Waals surface area (Å²) >= 11 is 0. The molecule has 0 saturated carbocycles. The van der Waals surface area contributed by atoms with Crippen LogP contribution in [0.2, 0.25) is 0 Å². The number of rotatable bonds is 6. The molecule has 1 aliphatic heterocycles. The van der Waals surface area contributed by atoms with Crippen LogP contribution in [-0.2, 0) is 11.3 Å². The number of likely N-dealkylation sites (tertiary alicyclic amines) is 1. The van der Waals surface area contributed by atoms with Gasteiger partial charge >= 0.3 is 0 Å². The Hall–Kier alpha value is -1.39. The maximum atomic E-state index is 12.0. The number of benzene rings is 1. The van der Waals surface area contributed by atoms with Crippen molar-refractivity contribution in [3.63, 3.8) is 0 Å². The molecule has 0 bridgehead atoms. The number of carbonyl (C=O) groups is 1. The lowest BCUT2D eigenvalue weighted by molar-refractivity contribution is -0.117. The van der Waals surface area contributed by atoms with Crippen molar-refractivity contribution < 1.29 is 4.79 Å². The summed E-state index contributed by atoms with van der Waals surface area (Å²) in [6.45, 7) is 5.31. The number of hydrogen-bond acceptors (Lipinski definition) is 3. The fourth-order valence-corrected chi connectivity index (χ4v) is 2.88. The molecule has 1 aromatic rings. The Morgan fingerprint density at radius 1 is 1.50 bits per heavy atom. The topological polar surface area (TPSA) is 58.4 Å². The Balaban J connectivity index is 1.80. The van der Waals surface area contributed by atoms with Crippen molar-refractivity contribution in [2.45, 2.75) is 32.7 Å². The van der Waals surface area contributed by atoms with Crippen LogP contribution in [0, 0.1) is 5.92 Å². The Morgan fingerprint density at radius 2 is 2.35 bits per heavy atom. The van der Waals surface area contributed by atoms with E-state index in [1.54, 1.807) is 0 Å². The van der Waals surface area contributed by atoms with Crippen LogP contribution >= 0.6 is 0 Å². The maximum Gasteiger partial charge on any atom is 0.238 e. The lowest BCUT2D eigenvalue weighted by atomic mass is 10.0. The van der Waals surface area contributed by atoms with Crippen molar-refractivity contribution in [3.8, 4) is 0 Å². The molecule has 1 aliphatic rings. The van der Waals surface area contributed by atoms with Crippen molar-refractivity contribution in [1.82, 2.24) is 4.90 Å². The third-order valence-electron chi connectivity index (χ3n) is 3.88. The van der Waals surface area contributed by atoms with E-state index in [1.165, 1.54) is 19.3 Å². The average Bonchev–Trinajstić information content (AvgIpc) is 2.86. The van der Waals surface area contributed by atoms with Gasteiger partial charge in [0.05, 0.1) is 6.54 Å². The van der Waals surface area contributed by atoms with E-state index in [1.807, 2.05) is 24.3 Å². The number of anilines is 1. The summed E-state index contributed by atoms with van der Waals surface area (Å²) < 4.78 is 0. The van der Waals surface area contributed by atoms with Crippen LogP contribution in [-0.4, -0.2) is 30.4 Å². The highest BCUT2D eigenvalue weighted by Gasteiger charge is 2.23. The highest BCUT2D eigenvalue weighted by Crippen LogP contribution is 2.20. The molecule has 1 amide bonds. The fraction of sp³-hybridized carbons (Fsp3) is 0.562. The molecule has 0 aliphatic carbocycles. The van der Waals surface area contributed by atoms with Crippen LogP contribution in [0.15, 0.2) is 24.3 Å². The SMILES string of the molecule is CCCC1CCN(CC(=O)Nc2cccc(CN)c2)C1. The number of amides is 1. The molecule has 1 aromatic carbocycles. The van der Waals surface area contributed by atoms with E-state index < -0.39 is 0 Å². The van der Waals surface area contributed by atoms with Gasteiger partial charge in [-0.05, 0) is 43.0 Å². The smallest absolute Gasteiger partial charge is 0.238 e. The lowest BCUT2D eigenvalue weighted by Gasteiger charge is -2.15. The third kappa shape index (κ3) is 4.32. The zero-order valence-electron chi connectivity index (χ0n) is 12.3. The van der Waals surface area contributed by atoms with E-state index in [9.17, 15) is 4.79 Å². The summed E-state index contributed by atoms with van der Waals surface area (Å²) in [4.78, 5) is 14.3. The molecule has 110 valence electrons. The first-order valence-corrected chi connectivity index (χ1v) is 7.52. The second kappa shape index (κ2) is 7.41. The van der Waals surface area contributed by atoms with Gasteiger partial charge in [0, 0.05) is 18.8 Å². The summed E-state index contributed by atoms with van der Waals surface area (Å²) in [5.41, 5.74) is 7.47. The van der Waals surface area contributed by atoms with E-state index in [0.29, 0.717) is 13.1 Å². The van der Waals surface area contributed by atoms with Gasteiger partial charge in [0.1, 0.15) is 0 Å². The Bertz CT molecular complexity index is 447. The standard InChI is InChI=1S/C16H25N3O/c1-2-4-13-7-8-19(11-13)12-16(20)18-15-6-3-5-14(9-15)10-17/h3,5-6,9,13H,2,4,7-8,10-12,17H2,1H3,(H,18,20). The van der Waals surface area contributed by atoms with Gasteiger partial charge in [-0.3, -0.25) is 9.69 Å². The van der Waals surface area contributed by atoms with Crippen molar-refractivity contribution in [2.24, 2.45) is 11.7 Å². The third-order valence-corrected chi connectivity index (χ3v) is 3.88. The summed E-state index contributed by atoms with van der Waals surface area (Å²) in [6, 6.07) is 7.72. The zero-order valence-corrected chi connectivity index (χ0v) is 12.3. The lowest BCUT2D eigenvalue weighted by Crippen LogP contribution is -2.31. The molecular formula is C16H25N3O. The highest BCUT2D eigenvalue weighted by molar-refractivity contribution is 5.92. The minimum absolute atomic E-state index is 0.0660. The van der Waals surface area contributed by atoms with E-state index in [0.717, 1.165) is 30.3 Å². The molecule has 4 heteroatoms. The van der Waals surface area contributed by atoms with Crippen molar-refractivity contribution in [1.29, 1.82) is 0 Å². The number of hydrogen-bond donors (Lipinski definition) is 2. The maximum absolute atomic E-state index is 12.0. The van der Waals surface area contributed by atoms with Crippen LogP contribution in [0.4, 0.5) is 5.69 Å². The predicted octanol–water partition coefficient (Wildman–Crippen LogP) is 2.21. The van der Waals surface area contributed by atoms with Gasteiger partial charge in [0.2, 0.25) is 5.91 Å². The van der Waals surface area contributed by atoms with Gasteiger partial charge in [-0.15, -0.1) is 0 Å². The van der Waals surface area contributed by atoms with Crippen LogP contribution < -0.4 is 11.1 Å². The minimum Gasteiger partial charge on any atom is -0.326 e. The monoisotopic (exact) mass is 275 g/mol. The molecule has 1 atom stereocenters. The zero-order chi connectivity index (χ0) is 14.4. The quantitative estimate of drug-likeness (QED) is 0.837. The Morgan fingerprint density at radius 3 is 3.10 bits per heavy atom. The highest BCUT2D eigenvalue weighted by atomic mass is 16.2. The molecule has 1 heterocycles. The predicted molar refractivity (Wildman–Crippen MR) is 82.4 cm³/mol. The number of carbonyl (C=O) groups excluding carboxylic acids is 1. The minimum atomic E-state index is 0.0660. The van der Waals surface area contributed by atoms with Gasteiger partial charge in [0.15, 0.2) is 0 Å². The Labute approximate surface area is 121 Å². The van der Waals surface area contributed by atoms with Crippen LogP contribution in [0.25, 0.3) is 0 Å². The molecule has 20 heavy (non-hydrogen) atoms. The molecule has 1 fully saturated rings. The molecular weight excluding hydrogens is 250 g/mol. The second-order valence-electron chi connectivity index (χ2n) is 5.63. The largest absolute Gasteiger partial charge is 0.326 e. The Kier molecular flexibility index (Phi) is 5.56. The molecule has 4 nitrogen and oxygen atoms in total. The normalized spacial score (nSPS) is 19.2. The summed E-state index contributed by atoms with van der Waals surface area (Å²) in [7, 11) is 0. The molecule has 1 saturated heterocycles. The van der Waals surface area contributed by atoms with Crippen molar-refractivity contribution in [3.05, 3.63) is 29.8 Å². The van der Waals surface area contributed by atoms with E-state index in [2.05, 4.69) is 17.1 Å². The first-order valence-electron chi connectivity index (χ1n) is 7.52. The van der Waals surface area contributed by atoms with Crippen LogP contribution in [0.3, 0.4) is 0 Å². The molecule has 3 N–H and O–H groups in total. The van der Waals surface area contributed by atoms with E-state index >= 15 is 0 Å². The molecule has 0 radical (unpaired) electrons. The van der Waals surface area contributed by atoms with Gasteiger partial charge < -0.3 is 11.1 Å². The number of nitrogens with zero attached hydrogens (tertiary/aromatic N) is 1. The van der Waals surface area contributed by atoms with Crippen molar-refractivity contribution in [2.75, 3.05) is 25.0 Å². The van der Waals surface area contributed by atoms with Gasteiger partial charge in [-0.1, -0.05) is 25.5 Å².